The Morgan fingerprint density at radius 2 is 2.04 bits per heavy atom. The molecule has 1 saturated carbocycles. The number of carbonyl (C=O) groups is 2. The summed E-state index contributed by atoms with van der Waals surface area (Å²) < 4.78 is 6.84. The quantitative estimate of drug-likeness (QED) is 0.738. The molecular weight excluding hydrogens is 330 g/mol. The molecule has 1 aromatic carbocycles. The van der Waals surface area contributed by atoms with Gasteiger partial charge < -0.3 is 10.1 Å². The van der Waals surface area contributed by atoms with Crippen molar-refractivity contribution in [2.45, 2.75) is 51.5 Å². The van der Waals surface area contributed by atoms with Gasteiger partial charge in [0.05, 0.1) is 11.4 Å². The Bertz CT molecular complexity index is 766. The molecule has 0 unspecified atom stereocenters. The van der Waals surface area contributed by atoms with Crippen LogP contribution in [0.2, 0.25) is 0 Å². The molecule has 1 aliphatic carbocycles. The van der Waals surface area contributed by atoms with Crippen LogP contribution in [0, 0.1) is 0 Å². The normalized spacial score (nSPS) is 14.7. The van der Waals surface area contributed by atoms with Gasteiger partial charge in [-0.05, 0) is 44.4 Å². The minimum absolute atomic E-state index is 0.0718. The Morgan fingerprint density at radius 3 is 2.69 bits per heavy atom. The molecule has 0 radical (unpaired) electrons. The maximum absolute atomic E-state index is 12.5. The second kappa shape index (κ2) is 8.17. The molecule has 6 heteroatoms. The van der Waals surface area contributed by atoms with Gasteiger partial charge in [-0.25, -0.2) is 9.48 Å². The topological polar surface area (TPSA) is 73.2 Å². The van der Waals surface area contributed by atoms with Crippen molar-refractivity contribution in [3.8, 4) is 5.69 Å². The number of carbonyl (C=O) groups excluding carboxylic acids is 2. The van der Waals surface area contributed by atoms with Crippen molar-refractivity contribution in [3.63, 3.8) is 0 Å². The SMILES string of the molecule is CCC[C@H](C)NC(=O)COC(=O)c1cc(C2CC2)nn1-c1ccccc1. The predicted octanol–water partition coefficient (Wildman–Crippen LogP) is 3.21. The van der Waals surface area contributed by atoms with Gasteiger partial charge in [-0.3, -0.25) is 4.79 Å². The first-order chi connectivity index (χ1) is 12.6. The summed E-state index contributed by atoms with van der Waals surface area (Å²) >= 11 is 0. The molecule has 1 fully saturated rings. The Hall–Kier alpha value is -2.63. The Balaban J connectivity index is 1.69. The average molecular weight is 355 g/mol. The third-order valence-electron chi connectivity index (χ3n) is 4.40. The highest BCUT2D eigenvalue weighted by Crippen LogP contribution is 2.39. The largest absolute Gasteiger partial charge is 0.451 e. The number of aromatic nitrogens is 2. The molecule has 0 saturated heterocycles. The molecule has 138 valence electrons. The first-order valence-corrected chi connectivity index (χ1v) is 9.20. The molecular formula is C20H25N3O3. The van der Waals surface area contributed by atoms with E-state index in [0.717, 1.165) is 37.1 Å². The number of nitrogens with zero attached hydrogens (tertiary/aromatic N) is 2. The fourth-order valence-corrected chi connectivity index (χ4v) is 2.92. The van der Waals surface area contributed by atoms with Crippen LogP contribution in [0.4, 0.5) is 0 Å². The van der Waals surface area contributed by atoms with Gasteiger partial charge in [-0.2, -0.15) is 5.10 Å². The molecule has 0 bridgehead atoms. The molecule has 0 spiro atoms. The van der Waals surface area contributed by atoms with Crippen LogP contribution in [0.5, 0.6) is 0 Å². The second-order valence-electron chi connectivity index (χ2n) is 6.81. The number of nitrogens with one attached hydrogen (secondary N) is 1. The lowest BCUT2D eigenvalue weighted by molar-refractivity contribution is -0.124. The molecule has 3 rings (SSSR count). The van der Waals surface area contributed by atoms with E-state index in [4.69, 9.17) is 4.74 Å². The molecule has 1 aliphatic rings. The zero-order chi connectivity index (χ0) is 18.5. The third-order valence-corrected chi connectivity index (χ3v) is 4.40. The summed E-state index contributed by atoms with van der Waals surface area (Å²) in [5.41, 5.74) is 2.06. The second-order valence-corrected chi connectivity index (χ2v) is 6.81. The fourth-order valence-electron chi connectivity index (χ4n) is 2.92. The van der Waals surface area contributed by atoms with Crippen LogP contribution < -0.4 is 5.32 Å². The molecule has 0 aliphatic heterocycles. The van der Waals surface area contributed by atoms with Crippen LogP contribution in [0.3, 0.4) is 0 Å². The first kappa shape index (κ1) is 18.2. The number of esters is 1. The lowest BCUT2D eigenvalue weighted by Gasteiger charge is -2.13. The smallest absolute Gasteiger partial charge is 0.357 e. The van der Waals surface area contributed by atoms with Crippen molar-refractivity contribution in [1.82, 2.24) is 15.1 Å². The van der Waals surface area contributed by atoms with E-state index in [9.17, 15) is 9.59 Å². The minimum atomic E-state index is -0.536. The molecule has 1 heterocycles. The highest BCUT2D eigenvalue weighted by molar-refractivity contribution is 5.90. The van der Waals surface area contributed by atoms with Crippen LogP contribution in [0.25, 0.3) is 5.69 Å². The zero-order valence-electron chi connectivity index (χ0n) is 15.3. The van der Waals surface area contributed by atoms with E-state index in [0.29, 0.717) is 11.6 Å². The molecule has 1 N–H and O–H groups in total. The lowest BCUT2D eigenvalue weighted by atomic mass is 10.2. The van der Waals surface area contributed by atoms with Gasteiger partial charge >= 0.3 is 5.97 Å². The number of rotatable bonds is 8. The third kappa shape index (κ3) is 4.50. The molecule has 1 aromatic heterocycles. The number of para-hydroxylation sites is 1. The maximum Gasteiger partial charge on any atom is 0.357 e. The van der Waals surface area contributed by atoms with Crippen molar-refractivity contribution in [2.75, 3.05) is 6.61 Å². The van der Waals surface area contributed by atoms with E-state index >= 15 is 0 Å². The van der Waals surface area contributed by atoms with E-state index in [-0.39, 0.29) is 18.6 Å². The summed E-state index contributed by atoms with van der Waals surface area (Å²) in [5, 5.41) is 7.41. The number of benzene rings is 1. The van der Waals surface area contributed by atoms with E-state index in [1.54, 1.807) is 10.7 Å². The van der Waals surface area contributed by atoms with Crippen molar-refractivity contribution < 1.29 is 14.3 Å². The molecule has 26 heavy (non-hydrogen) atoms. The highest BCUT2D eigenvalue weighted by atomic mass is 16.5. The molecule has 1 atom stereocenters. The molecule has 1 amide bonds. The van der Waals surface area contributed by atoms with Crippen LogP contribution in [0.1, 0.15) is 61.6 Å². The van der Waals surface area contributed by atoms with Crippen LogP contribution in [0.15, 0.2) is 36.4 Å². The van der Waals surface area contributed by atoms with Gasteiger partial charge in [0.15, 0.2) is 12.3 Å². The van der Waals surface area contributed by atoms with Crippen molar-refractivity contribution in [1.29, 1.82) is 0 Å². The van der Waals surface area contributed by atoms with Gasteiger partial charge in [0, 0.05) is 12.0 Å². The predicted molar refractivity (Wildman–Crippen MR) is 98.3 cm³/mol. The zero-order valence-corrected chi connectivity index (χ0v) is 15.3. The Labute approximate surface area is 153 Å². The van der Waals surface area contributed by atoms with E-state index in [1.165, 1.54) is 0 Å². The number of amides is 1. The number of ether oxygens (including phenoxy) is 1. The molecule has 2 aromatic rings. The van der Waals surface area contributed by atoms with Gasteiger partial charge in [0.2, 0.25) is 0 Å². The summed E-state index contributed by atoms with van der Waals surface area (Å²) in [7, 11) is 0. The minimum Gasteiger partial charge on any atom is -0.451 e. The number of hydrogen-bond donors (Lipinski definition) is 1. The van der Waals surface area contributed by atoms with Crippen LogP contribution in [-0.2, 0) is 9.53 Å². The summed E-state index contributed by atoms with van der Waals surface area (Å²) in [5.74, 6) is -0.399. The van der Waals surface area contributed by atoms with Crippen LogP contribution in [-0.4, -0.2) is 34.3 Å². The van der Waals surface area contributed by atoms with Crippen LogP contribution >= 0.6 is 0 Å². The summed E-state index contributed by atoms with van der Waals surface area (Å²) in [6, 6.07) is 11.3. The van der Waals surface area contributed by atoms with Crippen molar-refractivity contribution in [2.24, 2.45) is 0 Å². The molecule has 6 nitrogen and oxygen atoms in total. The monoisotopic (exact) mass is 355 g/mol. The van der Waals surface area contributed by atoms with Crippen molar-refractivity contribution >= 4 is 11.9 Å². The van der Waals surface area contributed by atoms with Gasteiger partial charge in [0.1, 0.15) is 0 Å². The fraction of sp³-hybridized carbons (Fsp3) is 0.450. The van der Waals surface area contributed by atoms with E-state index in [2.05, 4.69) is 17.3 Å². The Kier molecular flexibility index (Phi) is 5.71. The maximum atomic E-state index is 12.5. The van der Waals surface area contributed by atoms with Gasteiger partial charge in [0.25, 0.3) is 5.91 Å². The summed E-state index contributed by atoms with van der Waals surface area (Å²) in [6.07, 6.45) is 4.07. The lowest BCUT2D eigenvalue weighted by Crippen LogP contribution is -2.35. The Morgan fingerprint density at radius 1 is 1.31 bits per heavy atom. The van der Waals surface area contributed by atoms with E-state index in [1.807, 2.05) is 37.3 Å². The standard InChI is InChI=1S/C20H25N3O3/c1-3-7-14(2)21-19(24)13-26-20(25)18-12-17(15-10-11-15)22-23(18)16-8-5-4-6-9-16/h4-6,8-9,12,14-15H,3,7,10-11,13H2,1-2H3,(H,21,24)/t14-/m0/s1. The number of hydrogen-bond acceptors (Lipinski definition) is 4. The average Bonchev–Trinajstić information content (AvgIpc) is 3.39. The summed E-state index contributed by atoms with van der Waals surface area (Å²) in [4.78, 5) is 24.5. The van der Waals surface area contributed by atoms with E-state index < -0.39 is 5.97 Å². The first-order valence-electron chi connectivity index (χ1n) is 9.20. The van der Waals surface area contributed by atoms with Gasteiger partial charge in [-0.15, -0.1) is 0 Å². The van der Waals surface area contributed by atoms with Gasteiger partial charge in [-0.1, -0.05) is 31.5 Å². The summed E-state index contributed by atoms with van der Waals surface area (Å²) in [6.45, 7) is 3.71. The van der Waals surface area contributed by atoms with Crippen molar-refractivity contribution in [3.05, 3.63) is 47.8 Å². The highest BCUT2D eigenvalue weighted by Gasteiger charge is 2.29.